The lowest BCUT2D eigenvalue weighted by Crippen LogP contribution is -2.24. The summed E-state index contributed by atoms with van der Waals surface area (Å²) in [7, 11) is 0. The molecule has 0 aliphatic heterocycles. The van der Waals surface area contributed by atoms with E-state index >= 15 is 0 Å². The average molecular weight is 262 g/mol. The van der Waals surface area contributed by atoms with Crippen molar-refractivity contribution in [1.82, 2.24) is 4.98 Å². The zero-order valence-corrected chi connectivity index (χ0v) is 12.7. The number of hydrogen-bond acceptors (Lipinski definition) is 3. The number of nitrogen functional groups attached to an aromatic ring is 1. The van der Waals surface area contributed by atoms with Crippen molar-refractivity contribution in [3.05, 3.63) is 23.8 Å². The first-order valence-corrected chi connectivity index (χ1v) is 7.16. The van der Waals surface area contributed by atoms with Crippen LogP contribution in [0, 0.1) is 5.41 Å². The minimum Gasteiger partial charge on any atom is -0.375 e. The van der Waals surface area contributed by atoms with Crippen LogP contribution in [0.15, 0.2) is 18.2 Å². The van der Waals surface area contributed by atoms with Crippen molar-refractivity contribution in [3.8, 4) is 0 Å². The fraction of sp³-hybridized carbons (Fsp3) is 0.533. The van der Waals surface area contributed by atoms with Gasteiger partial charge in [-0.1, -0.05) is 52.0 Å². The van der Waals surface area contributed by atoms with Crippen molar-refractivity contribution in [2.24, 2.45) is 5.41 Å². The Morgan fingerprint density at radius 3 is 2.44 bits per heavy atom. The number of hydrogen-bond donors (Lipinski definition) is 1. The van der Waals surface area contributed by atoms with Crippen molar-refractivity contribution >= 4 is 26.7 Å². The van der Waals surface area contributed by atoms with E-state index < -0.39 is 0 Å². The third kappa shape index (κ3) is 2.83. The number of aromatic nitrogens is 1. The number of fused-ring (bicyclic) bond motifs is 1. The van der Waals surface area contributed by atoms with Crippen LogP contribution in [-0.4, -0.2) is 4.98 Å². The molecular weight excluding hydrogens is 240 g/mol. The van der Waals surface area contributed by atoms with Crippen molar-refractivity contribution in [3.63, 3.8) is 0 Å². The second-order valence-electron chi connectivity index (χ2n) is 6.86. The van der Waals surface area contributed by atoms with Gasteiger partial charge in [0.25, 0.3) is 0 Å². The molecule has 0 saturated heterocycles. The molecule has 2 rings (SSSR count). The van der Waals surface area contributed by atoms with Gasteiger partial charge in [-0.2, -0.15) is 0 Å². The van der Waals surface area contributed by atoms with Gasteiger partial charge < -0.3 is 5.73 Å². The maximum atomic E-state index is 5.76. The first kappa shape index (κ1) is 13.3. The molecule has 0 bridgehead atoms. The highest BCUT2D eigenvalue weighted by atomic mass is 32.1. The van der Waals surface area contributed by atoms with Crippen molar-refractivity contribution < 1.29 is 0 Å². The van der Waals surface area contributed by atoms with Crippen LogP contribution in [0.1, 0.15) is 46.6 Å². The van der Waals surface area contributed by atoms with Crippen LogP contribution >= 0.6 is 11.3 Å². The number of rotatable bonds is 2. The Bertz CT molecular complexity index is 561. The van der Waals surface area contributed by atoms with Crippen LogP contribution in [0.4, 0.5) is 5.13 Å². The summed E-state index contributed by atoms with van der Waals surface area (Å²) in [6, 6.07) is 6.52. The summed E-state index contributed by atoms with van der Waals surface area (Å²) in [5.41, 5.74) is 8.63. The predicted octanol–water partition coefficient (Wildman–Crippen LogP) is 4.59. The number of nitrogens with two attached hydrogens (primary N) is 1. The van der Waals surface area contributed by atoms with Crippen molar-refractivity contribution in [2.75, 3.05) is 5.73 Å². The molecule has 1 aromatic heterocycles. The van der Waals surface area contributed by atoms with E-state index in [4.69, 9.17) is 5.73 Å². The first-order chi connectivity index (χ1) is 8.17. The van der Waals surface area contributed by atoms with Gasteiger partial charge in [-0.3, -0.25) is 0 Å². The van der Waals surface area contributed by atoms with Crippen molar-refractivity contribution in [2.45, 2.75) is 46.5 Å². The summed E-state index contributed by atoms with van der Waals surface area (Å²) in [5.74, 6) is 0. The monoisotopic (exact) mass is 262 g/mol. The van der Waals surface area contributed by atoms with Gasteiger partial charge >= 0.3 is 0 Å². The zero-order chi connectivity index (χ0) is 13.6. The number of benzene rings is 1. The summed E-state index contributed by atoms with van der Waals surface area (Å²) in [6.07, 6.45) is 1.15. The summed E-state index contributed by atoms with van der Waals surface area (Å²) in [4.78, 5) is 4.31. The van der Waals surface area contributed by atoms with E-state index in [2.05, 4.69) is 57.8 Å². The fourth-order valence-electron chi connectivity index (χ4n) is 2.79. The molecule has 0 spiro atoms. The smallest absolute Gasteiger partial charge is 0.181 e. The Labute approximate surface area is 113 Å². The molecule has 3 heteroatoms. The Morgan fingerprint density at radius 1 is 1.17 bits per heavy atom. The fourth-order valence-corrected chi connectivity index (χ4v) is 3.56. The highest BCUT2D eigenvalue weighted by Crippen LogP contribution is 2.38. The highest BCUT2D eigenvalue weighted by molar-refractivity contribution is 7.22. The van der Waals surface area contributed by atoms with Gasteiger partial charge in [0.15, 0.2) is 5.13 Å². The van der Waals surface area contributed by atoms with E-state index in [-0.39, 0.29) is 5.41 Å². The average Bonchev–Trinajstić information content (AvgIpc) is 2.52. The van der Waals surface area contributed by atoms with Crippen LogP contribution in [0.25, 0.3) is 10.2 Å². The number of anilines is 1. The lowest BCUT2D eigenvalue weighted by atomic mass is 9.72. The van der Waals surface area contributed by atoms with E-state index in [1.54, 1.807) is 11.3 Å². The number of nitrogens with zero attached hydrogens (tertiary/aromatic N) is 1. The summed E-state index contributed by atoms with van der Waals surface area (Å²) < 4.78 is 1.19. The lowest BCUT2D eigenvalue weighted by Gasteiger charge is -2.33. The largest absolute Gasteiger partial charge is 0.375 e. The first-order valence-electron chi connectivity index (χ1n) is 6.34. The van der Waals surface area contributed by atoms with Crippen LogP contribution < -0.4 is 5.73 Å². The molecule has 2 N–H and O–H groups in total. The molecule has 2 nitrogen and oxygen atoms in total. The Morgan fingerprint density at radius 2 is 1.83 bits per heavy atom. The molecule has 1 aromatic carbocycles. The molecule has 1 heterocycles. The third-order valence-electron chi connectivity index (χ3n) is 3.16. The summed E-state index contributed by atoms with van der Waals surface area (Å²) >= 11 is 1.57. The van der Waals surface area contributed by atoms with Gasteiger partial charge in [0.05, 0.1) is 10.2 Å². The SMILES string of the molecule is CC(C)(C)CC(C)(C)c1ccc2nc(N)sc2c1. The highest BCUT2D eigenvalue weighted by Gasteiger charge is 2.27. The van der Waals surface area contributed by atoms with Gasteiger partial charge in [0.1, 0.15) is 0 Å². The van der Waals surface area contributed by atoms with Crippen LogP contribution in [0.5, 0.6) is 0 Å². The van der Waals surface area contributed by atoms with E-state index in [0.717, 1.165) is 11.9 Å². The molecule has 0 aliphatic rings. The Hall–Kier alpha value is -1.09. The Balaban J connectivity index is 2.40. The molecule has 0 atom stereocenters. The van der Waals surface area contributed by atoms with E-state index in [1.807, 2.05) is 0 Å². The van der Waals surface area contributed by atoms with Gasteiger partial charge in [0, 0.05) is 0 Å². The van der Waals surface area contributed by atoms with Gasteiger partial charge in [0.2, 0.25) is 0 Å². The van der Waals surface area contributed by atoms with Crippen LogP contribution in [0.3, 0.4) is 0 Å². The molecule has 0 fully saturated rings. The molecule has 0 amide bonds. The molecular formula is C15H22N2S. The quantitative estimate of drug-likeness (QED) is 0.859. The van der Waals surface area contributed by atoms with Gasteiger partial charge in [-0.25, -0.2) is 4.98 Å². The Kier molecular flexibility index (Phi) is 3.14. The van der Waals surface area contributed by atoms with E-state index in [9.17, 15) is 0 Å². The van der Waals surface area contributed by atoms with Crippen LogP contribution in [0.2, 0.25) is 0 Å². The van der Waals surface area contributed by atoms with E-state index in [1.165, 1.54) is 10.3 Å². The van der Waals surface area contributed by atoms with Crippen molar-refractivity contribution in [1.29, 1.82) is 0 Å². The predicted molar refractivity (Wildman–Crippen MR) is 81.1 cm³/mol. The molecule has 2 aromatic rings. The minimum atomic E-state index is 0.172. The van der Waals surface area contributed by atoms with Gasteiger partial charge in [-0.15, -0.1) is 0 Å². The molecule has 98 valence electrons. The summed E-state index contributed by atoms with van der Waals surface area (Å²) in [6.45, 7) is 11.5. The number of thiazole rings is 1. The van der Waals surface area contributed by atoms with E-state index in [0.29, 0.717) is 10.5 Å². The maximum absolute atomic E-state index is 5.76. The third-order valence-corrected chi connectivity index (χ3v) is 4.01. The molecule has 0 aliphatic carbocycles. The second kappa shape index (κ2) is 4.23. The minimum absolute atomic E-state index is 0.172. The standard InChI is InChI=1S/C15H22N2S/c1-14(2,3)9-15(4,5)10-6-7-11-12(8-10)18-13(16)17-11/h6-8H,9H2,1-5H3,(H2,16,17). The van der Waals surface area contributed by atoms with Gasteiger partial charge in [-0.05, 0) is 34.9 Å². The molecule has 0 saturated carbocycles. The normalized spacial score (nSPS) is 13.2. The molecule has 0 radical (unpaired) electrons. The topological polar surface area (TPSA) is 38.9 Å². The maximum Gasteiger partial charge on any atom is 0.181 e. The second-order valence-corrected chi connectivity index (χ2v) is 7.92. The molecule has 0 unspecified atom stereocenters. The summed E-state index contributed by atoms with van der Waals surface area (Å²) in [5, 5.41) is 0.649. The lowest BCUT2D eigenvalue weighted by molar-refractivity contribution is 0.284. The van der Waals surface area contributed by atoms with Crippen LogP contribution in [-0.2, 0) is 5.41 Å². The zero-order valence-electron chi connectivity index (χ0n) is 11.9. The molecule has 18 heavy (non-hydrogen) atoms.